The minimum atomic E-state index is 1.05. The topological polar surface area (TPSA) is 0 Å². The maximum Gasteiger partial charge on any atom is -0.0166 e. The van der Waals surface area contributed by atoms with Gasteiger partial charge in [-0.1, -0.05) is 48.6 Å². The van der Waals surface area contributed by atoms with E-state index in [-0.39, 0.29) is 0 Å². The molecule has 0 bridgehead atoms. The molecule has 0 heterocycles. The normalized spacial score (nSPS) is 28.6. The van der Waals surface area contributed by atoms with Gasteiger partial charge >= 0.3 is 0 Å². The molecule has 0 amide bonds. The Labute approximate surface area is 87.7 Å². The van der Waals surface area contributed by atoms with Gasteiger partial charge in [-0.15, -0.1) is 0 Å². The molecule has 0 aliphatic heterocycles. The second-order valence-electron chi connectivity index (χ2n) is 3.55. The summed E-state index contributed by atoms with van der Waals surface area (Å²) in [5.74, 6) is 0. The molecule has 1 rings (SSSR count). The van der Waals surface area contributed by atoms with Crippen molar-refractivity contribution in [2.24, 2.45) is 0 Å². The Bertz CT molecular complexity index is 228. The molecule has 0 fully saturated rings. The Balaban J connectivity index is 2.35. The van der Waals surface area contributed by atoms with E-state index in [9.17, 15) is 0 Å². The molecule has 0 saturated heterocycles. The van der Waals surface area contributed by atoms with E-state index in [1.54, 1.807) is 0 Å². The minimum Gasteiger partial charge on any atom is -0.0882 e. The molecular weight excluding hydrogens is 168 g/mol. The van der Waals surface area contributed by atoms with Crippen molar-refractivity contribution in [3.63, 3.8) is 0 Å². The first-order valence-corrected chi connectivity index (χ1v) is 5.62. The van der Waals surface area contributed by atoms with E-state index in [1.807, 2.05) is 0 Å². The van der Waals surface area contributed by atoms with Gasteiger partial charge in [0.2, 0.25) is 0 Å². The van der Waals surface area contributed by atoms with Gasteiger partial charge in [0, 0.05) is 0 Å². The van der Waals surface area contributed by atoms with Crippen molar-refractivity contribution in [1.29, 1.82) is 0 Å². The summed E-state index contributed by atoms with van der Waals surface area (Å²) in [5.41, 5.74) is 0. The van der Waals surface area contributed by atoms with Crippen molar-refractivity contribution in [3.05, 3.63) is 48.6 Å². The summed E-state index contributed by atoms with van der Waals surface area (Å²) in [5, 5.41) is 0. The predicted octanol–water partition coefficient (Wildman–Crippen LogP) is 4.57. The SMILES string of the molecule is C1=C\C/C=C\C/C=C\CCCC/C=C/1. The molecule has 14 heavy (non-hydrogen) atoms. The van der Waals surface area contributed by atoms with Crippen LogP contribution in [0.1, 0.15) is 38.5 Å². The first-order valence-electron chi connectivity index (χ1n) is 5.62. The molecule has 0 aromatic heterocycles. The molecule has 0 heteroatoms. The highest BCUT2D eigenvalue weighted by atomic mass is 13.9. The number of allylic oxidation sites excluding steroid dienone is 8. The summed E-state index contributed by atoms with van der Waals surface area (Å²) in [6.07, 6.45) is 25.0. The molecule has 0 nitrogen and oxygen atoms in total. The van der Waals surface area contributed by atoms with E-state index < -0.39 is 0 Å². The van der Waals surface area contributed by atoms with Gasteiger partial charge in [-0.2, -0.15) is 0 Å². The van der Waals surface area contributed by atoms with Crippen LogP contribution in [0.4, 0.5) is 0 Å². The summed E-state index contributed by atoms with van der Waals surface area (Å²) in [6.45, 7) is 0. The van der Waals surface area contributed by atoms with Gasteiger partial charge in [0.25, 0.3) is 0 Å². The van der Waals surface area contributed by atoms with E-state index in [2.05, 4.69) is 48.6 Å². The Morgan fingerprint density at radius 1 is 0.500 bits per heavy atom. The Kier molecular flexibility index (Phi) is 6.74. The van der Waals surface area contributed by atoms with Crippen LogP contribution in [0.25, 0.3) is 0 Å². The standard InChI is InChI=1S/C14H20/c1-2-4-6-8-10-12-14-13-11-9-7-5-3-1/h1-4,7,9,13-14H,5-6,8,10-12H2/b3-1-,4-2+,9-7-,14-13-. The average Bonchev–Trinajstić information content (AvgIpc) is 2.22. The average molecular weight is 188 g/mol. The lowest BCUT2D eigenvalue weighted by atomic mass is 10.1. The van der Waals surface area contributed by atoms with E-state index in [1.165, 1.54) is 25.7 Å². The van der Waals surface area contributed by atoms with Crippen LogP contribution < -0.4 is 0 Å². The fraction of sp³-hybridized carbons (Fsp3) is 0.429. The number of hydrogen-bond acceptors (Lipinski definition) is 0. The van der Waals surface area contributed by atoms with Crippen LogP contribution in [0.5, 0.6) is 0 Å². The molecule has 1 aliphatic carbocycles. The summed E-state index contributed by atoms with van der Waals surface area (Å²) < 4.78 is 0. The quantitative estimate of drug-likeness (QED) is 0.489. The molecule has 0 unspecified atom stereocenters. The van der Waals surface area contributed by atoms with Crippen LogP contribution in [-0.2, 0) is 0 Å². The summed E-state index contributed by atoms with van der Waals surface area (Å²) in [4.78, 5) is 0. The largest absolute Gasteiger partial charge is 0.0882 e. The maximum atomic E-state index is 2.30. The molecule has 0 aromatic carbocycles. The second kappa shape index (κ2) is 8.55. The van der Waals surface area contributed by atoms with E-state index in [0.29, 0.717) is 0 Å². The zero-order valence-electron chi connectivity index (χ0n) is 8.86. The number of hydrogen-bond donors (Lipinski definition) is 0. The first-order chi connectivity index (χ1) is 7.00. The van der Waals surface area contributed by atoms with Crippen molar-refractivity contribution in [2.45, 2.75) is 38.5 Å². The minimum absolute atomic E-state index is 1.05. The smallest absolute Gasteiger partial charge is 0.0166 e. The van der Waals surface area contributed by atoms with Crippen LogP contribution >= 0.6 is 0 Å². The van der Waals surface area contributed by atoms with Gasteiger partial charge in [-0.25, -0.2) is 0 Å². The maximum absolute atomic E-state index is 2.30. The fourth-order valence-electron chi connectivity index (χ4n) is 1.42. The Morgan fingerprint density at radius 2 is 1.07 bits per heavy atom. The third-order valence-electron chi connectivity index (χ3n) is 2.25. The van der Waals surface area contributed by atoms with Gasteiger partial charge in [0.15, 0.2) is 0 Å². The molecule has 0 radical (unpaired) electrons. The van der Waals surface area contributed by atoms with Gasteiger partial charge in [-0.3, -0.25) is 0 Å². The molecule has 76 valence electrons. The summed E-state index contributed by atoms with van der Waals surface area (Å²) in [7, 11) is 0. The van der Waals surface area contributed by atoms with E-state index in [4.69, 9.17) is 0 Å². The molecule has 0 aromatic rings. The van der Waals surface area contributed by atoms with Crippen molar-refractivity contribution >= 4 is 0 Å². The van der Waals surface area contributed by atoms with Crippen LogP contribution in [0, 0.1) is 0 Å². The predicted molar refractivity (Wildman–Crippen MR) is 64.3 cm³/mol. The molecule has 0 saturated carbocycles. The van der Waals surface area contributed by atoms with E-state index >= 15 is 0 Å². The van der Waals surface area contributed by atoms with Gasteiger partial charge in [0.1, 0.15) is 0 Å². The van der Waals surface area contributed by atoms with Crippen LogP contribution in [0.3, 0.4) is 0 Å². The third kappa shape index (κ3) is 6.47. The van der Waals surface area contributed by atoms with Crippen LogP contribution in [0.2, 0.25) is 0 Å². The lowest BCUT2D eigenvalue weighted by molar-refractivity contribution is 0.761. The lowest BCUT2D eigenvalue weighted by Gasteiger charge is -1.93. The monoisotopic (exact) mass is 188 g/mol. The number of rotatable bonds is 0. The Hall–Kier alpha value is -1.04. The molecule has 0 atom stereocenters. The highest BCUT2D eigenvalue weighted by Gasteiger charge is 1.83. The molecule has 1 aliphatic rings. The highest BCUT2D eigenvalue weighted by Crippen LogP contribution is 2.03. The zero-order valence-corrected chi connectivity index (χ0v) is 8.86. The summed E-state index contributed by atoms with van der Waals surface area (Å²) >= 11 is 0. The third-order valence-corrected chi connectivity index (χ3v) is 2.25. The van der Waals surface area contributed by atoms with Gasteiger partial charge in [-0.05, 0) is 38.5 Å². The molecule has 0 spiro atoms. The Morgan fingerprint density at radius 3 is 1.93 bits per heavy atom. The lowest BCUT2D eigenvalue weighted by Crippen LogP contribution is -1.72. The van der Waals surface area contributed by atoms with Crippen molar-refractivity contribution in [1.82, 2.24) is 0 Å². The summed E-state index contributed by atoms with van der Waals surface area (Å²) in [6, 6.07) is 0. The molecule has 0 N–H and O–H groups in total. The zero-order chi connectivity index (χ0) is 9.90. The van der Waals surface area contributed by atoms with Gasteiger partial charge in [0.05, 0.1) is 0 Å². The van der Waals surface area contributed by atoms with Crippen LogP contribution in [-0.4, -0.2) is 0 Å². The second-order valence-corrected chi connectivity index (χ2v) is 3.55. The van der Waals surface area contributed by atoms with Crippen LogP contribution in [0.15, 0.2) is 48.6 Å². The highest BCUT2D eigenvalue weighted by molar-refractivity contribution is 5.05. The fourth-order valence-corrected chi connectivity index (χ4v) is 1.42. The van der Waals surface area contributed by atoms with Crippen molar-refractivity contribution in [2.75, 3.05) is 0 Å². The molecular formula is C14H20. The van der Waals surface area contributed by atoms with Crippen molar-refractivity contribution < 1.29 is 0 Å². The van der Waals surface area contributed by atoms with Gasteiger partial charge < -0.3 is 0 Å². The van der Waals surface area contributed by atoms with E-state index in [0.717, 1.165) is 12.8 Å². The van der Waals surface area contributed by atoms with Crippen molar-refractivity contribution in [3.8, 4) is 0 Å². The first kappa shape index (κ1) is 11.0.